The minimum Gasteiger partial charge on any atom is -0.464 e. The first kappa shape index (κ1) is 14.0. The third kappa shape index (κ3) is 4.75. The molecular formula is C13H23NO3. The molecule has 4 nitrogen and oxygen atoms in total. The van der Waals surface area contributed by atoms with Gasteiger partial charge in [-0.05, 0) is 26.2 Å². The van der Waals surface area contributed by atoms with Crippen molar-refractivity contribution < 1.29 is 14.3 Å². The van der Waals surface area contributed by atoms with E-state index < -0.39 is 6.04 Å². The van der Waals surface area contributed by atoms with Gasteiger partial charge in [-0.2, -0.15) is 0 Å². The summed E-state index contributed by atoms with van der Waals surface area (Å²) < 4.78 is 4.99. The molecule has 1 amide bonds. The van der Waals surface area contributed by atoms with E-state index in [0.717, 1.165) is 32.1 Å². The van der Waals surface area contributed by atoms with E-state index in [9.17, 15) is 9.59 Å². The summed E-state index contributed by atoms with van der Waals surface area (Å²) in [5.74, 6) is -0.244. The number of carbonyl (C=O) groups is 2. The summed E-state index contributed by atoms with van der Waals surface area (Å²) in [6.07, 6.45) is 6.15. The van der Waals surface area contributed by atoms with E-state index in [1.54, 1.807) is 6.92 Å². The van der Waals surface area contributed by atoms with Gasteiger partial charge in [-0.15, -0.1) is 0 Å². The fourth-order valence-corrected chi connectivity index (χ4v) is 2.08. The molecule has 1 fully saturated rings. The summed E-state index contributed by atoms with van der Waals surface area (Å²) >= 11 is 0. The van der Waals surface area contributed by atoms with Gasteiger partial charge in [0.25, 0.3) is 0 Å². The summed E-state index contributed by atoms with van der Waals surface area (Å²) in [5, 5.41) is 2.74. The van der Waals surface area contributed by atoms with Gasteiger partial charge >= 0.3 is 5.97 Å². The van der Waals surface area contributed by atoms with Crippen molar-refractivity contribution in [1.29, 1.82) is 0 Å². The second-order valence-corrected chi connectivity index (χ2v) is 4.73. The van der Waals surface area contributed by atoms with Crippen LogP contribution < -0.4 is 5.32 Å². The zero-order valence-electron chi connectivity index (χ0n) is 10.8. The molecule has 98 valence electrons. The average molecular weight is 241 g/mol. The summed E-state index contributed by atoms with van der Waals surface area (Å²) in [6, 6.07) is -0.532. The number of ether oxygens (including phenoxy) is 1. The Morgan fingerprint density at radius 3 is 2.53 bits per heavy atom. The van der Waals surface area contributed by atoms with E-state index in [4.69, 9.17) is 4.74 Å². The average Bonchev–Trinajstić information content (AvgIpc) is 2.36. The van der Waals surface area contributed by atoms with Gasteiger partial charge in [0.15, 0.2) is 0 Å². The Balaban J connectivity index is 2.31. The lowest BCUT2D eigenvalue weighted by Gasteiger charge is -2.22. The molecule has 0 bridgehead atoms. The van der Waals surface area contributed by atoms with Crippen LogP contribution in [0.1, 0.15) is 52.4 Å². The number of hydrogen-bond acceptors (Lipinski definition) is 3. The molecule has 1 N–H and O–H groups in total. The van der Waals surface area contributed by atoms with Gasteiger partial charge in [0.2, 0.25) is 5.91 Å². The summed E-state index contributed by atoms with van der Waals surface area (Å²) in [5.41, 5.74) is 0. The molecule has 0 radical (unpaired) electrons. The van der Waals surface area contributed by atoms with Crippen LogP contribution in [0.2, 0.25) is 0 Å². The molecule has 0 aliphatic heterocycles. The Hall–Kier alpha value is -1.06. The first-order valence-electron chi connectivity index (χ1n) is 6.62. The van der Waals surface area contributed by atoms with Crippen LogP contribution >= 0.6 is 0 Å². The SMILES string of the molecule is CCCOC(=O)[C@@H](C)NC(=O)C1CCCCC1. The number of amides is 1. The molecule has 1 saturated carbocycles. The fraction of sp³-hybridized carbons (Fsp3) is 0.846. The maximum absolute atomic E-state index is 11.9. The highest BCUT2D eigenvalue weighted by Crippen LogP contribution is 2.23. The van der Waals surface area contributed by atoms with Crippen LogP contribution in [-0.2, 0) is 14.3 Å². The molecule has 4 heteroatoms. The van der Waals surface area contributed by atoms with Crippen molar-refractivity contribution in [3.8, 4) is 0 Å². The van der Waals surface area contributed by atoms with Crippen LogP contribution in [0, 0.1) is 5.92 Å². The highest BCUT2D eigenvalue weighted by atomic mass is 16.5. The van der Waals surface area contributed by atoms with Gasteiger partial charge in [-0.25, -0.2) is 4.79 Å². The summed E-state index contributed by atoms with van der Waals surface area (Å²) in [7, 11) is 0. The molecule has 0 aromatic heterocycles. The molecule has 1 aliphatic rings. The normalized spacial score (nSPS) is 18.5. The minimum absolute atomic E-state index is 0.00523. The predicted octanol–water partition coefficient (Wildman–Crippen LogP) is 2.02. The monoisotopic (exact) mass is 241 g/mol. The van der Waals surface area contributed by atoms with E-state index in [1.165, 1.54) is 6.42 Å². The van der Waals surface area contributed by atoms with Gasteiger partial charge in [-0.1, -0.05) is 26.2 Å². The zero-order chi connectivity index (χ0) is 12.7. The Morgan fingerprint density at radius 2 is 1.94 bits per heavy atom. The van der Waals surface area contributed by atoms with Crippen molar-refractivity contribution in [3.05, 3.63) is 0 Å². The predicted molar refractivity (Wildman–Crippen MR) is 65.4 cm³/mol. The lowest BCUT2D eigenvalue weighted by molar-refractivity contribution is -0.147. The molecule has 0 saturated heterocycles. The van der Waals surface area contributed by atoms with Crippen molar-refractivity contribution in [3.63, 3.8) is 0 Å². The van der Waals surface area contributed by atoms with Crippen molar-refractivity contribution in [2.24, 2.45) is 5.92 Å². The van der Waals surface area contributed by atoms with E-state index in [2.05, 4.69) is 5.32 Å². The second-order valence-electron chi connectivity index (χ2n) is 4.73. The quantitative estimate of drug-likeness (QED) is 0.749. The Labute approximate surface area is 103 Å². The van der Waals surface area contributed by atoms with Gasteiger partial charge < -0.3 is 10.1 Å². The summed E-state index contributed by atoms with van der Waals surface area (Å²) in [6.45, 7) is 4.04. The number of hydrogen-bond donors (Lipinski definition) is 1. The number of rotatable bonds is 5. The third-order valence-corrected chi connectivity index (χ3v) is 3.14. The van der Waals surface area contributed by atoms with Crippen LogP contribution in [0.15, 0.2) is 0 Å². The molecule has 17 heavy (non-hydrogen) atoms. The first-order chi connectivity index (χ1) is 8.15. The topological polar surface area (TPSA) is 55.4 Å². The largest absolute Gasteiger partial charge is 0.464 e. The zero-order valence-corrected chi connectivity index (χ0v) is 10.8. The molecule has 0 aromatic rings. The Kier molecular flexibility index (Phi) is 6.01. The van der Waals surface area contributed by atoms with E-state index in [-0.39, 0.29) is 17.8 Å². The lowest BCUT2D eigenvalue weighted by Crippen LogP contribution is -2.43. The Morgan fingerprint density at radius 1 is 1.29 bits per heavy atom. The van der Waals surface area contributed by atoms with Crippen LogP contribution in [0.5, 0.6) is 0 Å². The highest BCUT2D eigenvalue weighted by molar-refractivity contribution is 5.85. The molecular weight excluding hydrogens is 218 g/mol. The van der Waals surface area contributed by atoms with E-state index in [1.807, 2.05) is 6.92 Å². The Bertz CT molecular complexity index is 259. The molecule has 1 rings (SSSR count). The smallest absolute Gasteiger partial charge is 0.328 e. The van der Waals surface area contributed by atoms with Gasteiger partial charge in [-0.3, -0.25) is 4.79 Å². The van der Waals surface area contributed by atoms with Gasteiger partial charge in [0.05, 0.1) is 6.61 Å². The molecule has 0 unspecified atom stereocenters. The lowest BCUT2D eigenvalue weighted by atomic mass is 9.88. The van der Waals surface area contributed by atoms with Crippen molar-refractivity contribution >= 4 is 11.9 Å². The van der Waals surface area contributed by atoms with Crippen LogP contribution in [0.25, 0.3) is 0 Å². The second kappa shape index (κ2) is 7.30. The fourth-order valence-electron chi connectivity index (χ4n) is 2.08. The number of nitrogens with one attached hydrogen (secondary N) is 1. The molecule has 1 atom stereocenters. The van der Waals surface area contributed by atoms with E-state index in [0.29, 0.717) is 6.61 Å². The highest BCUT2D eigenvalue weighted by Gasteiger charge is 2.24. The summed E-state index contributed by atoms with van der Waals surface area (Å²) in [4.78, 5) is 23.4. The van der Waals surface area contributed by atoms with E-state index >= 15 is 0 Å². The molecule has 0 aromatic carbocycles. The van der Waals surface area contributed by atoms with Crippen LogP contribution in [-0.4, -0.2) is 24.5 Å². The van der Waals surface area contributed by atoms with Crippen molar-refractivity contribution in [1.82, 2.24) is 5.32 Å². The molecule has 0 spiro atoms. The number of esters is 1. The maximum Gasteiger partial charge on any atom is 0.328 e. The molecule has 0 heterocycles. The minimum atomic E-state index is -0.532. The van der Waals surface area contributed by atoms with Crippen LogP contribution in [0.3, 0.4) is 0 Å². The van der Waals surface area contributed by atoms with Crippen molar-refractivity contribution in [2.75, 3.05) is 6.61 Å². The van der Waals surface area contributed by atoms with Crippen LogP contribution in [0.4, 0.5) is 0 Å². The third-order valence-electron chi connectivity index (χ3n) is 3.14. The van der Waals surface area contributed by atoms with Gasteiger partial charge in [0.1, 0.15) is 6.04 Å². The van der Waals surface area contributed by atoms with Gasteiger partial charge in [0, 0.05) is 5.92 Å². The first-order valence-corrected chi connectivity index (χ1v) is 6.62. The number of carbonyl (C=O) groups excluding carboxylic acids is 2. The maximum atomic E-state index is 11.9. The van der Waals surface area contributed by atoms with Crippen molar-refractivity contribution in [2.45, 2.75) is 58.4 Å². The molecule has 1 aliphatic carbocycles. The standard InChI is InChI=1S/C13H23NO3/c1-3-9-17-13(16)10(2)14-12(15)11-7-5-4-6-8-11/h10-11H,3-9H2,1-2H3,(H,14,15)/t10-/m1/s1.